The summed E-state index contributed by atoms with van der Waals surface area (Å²) in [7, 11) is 1.76. The topological polar surface area (TPSA) is 77.3 Å². The molecule has 104 valence electrons. The van der Waals surface area contributed by atoms with Crippen LogP contribution in [0.3, 0.4) is 0 Å². The number of ether oxygens (including phenoxy) is 1. The lowest BCUT2D eigenvalue weighted by Crippen LogP contribution is -2.02. The summed E-state index contributed by atoms with van der Waals surface area (Å²) in [4.78, 5) is 14.4. The average molecular weight is 294 g/mol. The second-order valence-electron chi connectivity index (χ2n) is 3.92. The summed E-state index contributed by atoms with van der Waals surface area (Å²) in [5, 5.41) is 14.0. The lowest BCUT2D eigenvalue weighted by atomic mass is 10.2. The number of nitro benzene ring substituents is 1. The van der Waals surface area contributed by atoms with Crippen molar-refractivity contribution in [1.82, 2.24) is 4.98 Å². The Labute approximate surface area is 120 Å². The molecule has 1 aromatic heterocycles. The second-order valence-corrected chi connectivity index (χ2v) is 4.33. The summed E-state index contributed by atoms with van der Waals surface area (Å²) in [5.41, 5.74) is 0.766. The van der Waals surface area contributed by atoms with Gasteiger partial charge in [-0.3, -0.25) is 10.1 Å². The molecular weight excluding hydrogens is 282 g/mol. The Hall–Kier alpha value is -2.34. The molecule has 1 heterocycles. The molecule has 1 N–H and O–H groups in total. The maximum Gasteiger partial charge on any atom is 0.273 e. The number of nitrogens with zero attached hydrogens (tertiary/aromatic N) is 2. The van der Waals surface area contributed by atoms with Crippen LogP contribution in [0.25, 0.3) is 0 Å². The zero-order valence-corrected chi connectivity index (χ0v) is 11.4. The van der Waals surface area contributed by atoms with Crippen molar-refractivity contribution >= 4 is 23.1 Å². The van der Waals surface area contributed by atoms with Crippen molar-refractivity contribution < 1.29 is 9.66 Å². The number of halogens is 1. The molecule has 0 aliphatic rings. The predicted octanol–water partition coefficient (Wildman–Crippen LogP) is 3.26. The maximum absolute atomic E-state index is 10.7. The summed E-state index contributed by atoms with van der Waals surface area (Å²) in [5.74, 6) is 0.959. The Morgan fingerprint density at radius 3 is 2.95 bits per heavy atom. The molecule has 0 unspecified atom stereocenters. The highest BCUT2D eigenvalue weighted by Gasteiger charge is 2.11. The van der Waals surface area contributed by atoms with Gasteiger partial charge >= 0.3 is 0 Å². The number of nitrogens with one attached hydrogen (secondary N) is 1. The minimum Gasteiger partial charge on any atom is -0.487 e. The number of nitro groups is 1. The molecular formula is C13H12ClN3O3. The van der Waals surface area contributed by atoms with Crippen LogP contribution in [-0.2, 0) is 6.61 Å². The number of rotatable bonds is 5. The van der Waals surface area contributed by atoms with Crippen molar-refractivity contribution in [3.05, 3.63) is 57.2 Å². The van der Waals surface area contributed by atoms with Gasteiger partial charge in [-0.25, -0.2) is 4.98 Å². The summed E-state index contributed by atoms with van der Waals surface area (Å²) >= 11 is 5.96. The molecule has 0 aliphatic carbocycles. The van der Waals surface area contributed by atoms with Gasteiger partial charge < -0.3 is 10.1 Å². The Morgan fingerprint density at radius 2 is 2.25 bits per heavy atom. The van der Waals surface area contributed by atoms with Crippen LogP contribution in [0.5, 0.6) is 5.75 Å². The number of pyridine rings is 1. The molecule has 20 heavy (non-hydrogen) atoms. The van der Waals surface area contributed by atoms with E-state index in [-0.39, 0.29) is 18.0 Å². The fraction of sp³-hybridized carbons (Fsp3) is 0.154. The summed E-state index contributed by atoms with van der Waals surface area (Å²) in [6, 6.07) is 7.71. The molecule has 0 saturated heterocycles. The Balaban J connectivity index is 2.18. The standard InChI is InChI=1S/C13H12ClN3O3/c1-15-13-9(3-2-6-16-13)8-20-12-7-10(17(18)19)4-5-11(12)14/h2-7H,8H2,1H3,(H,15,16). The van der Waals surface area contributed by atoms with E-state index in [1.165, 1.54) is 18.2 Å². The lowest BCUT2D eigenvalue weighted by Gasteiger charge is -2.10. The third-order valence-corrected chi connectivity index (χ3v) is 2.95. The van der Waals surface area contributed by atoms with Crippen molar-refractivity contribution in [3.8, 4) is 5.75 Å². The van der Waals surface area contributed by atoms with E-state index in [2.05, 4.69) is 10.3 Å². The Morgan fingerprint density at radius 1 is 1.45 bits per heavy atom. The van der Waals surface area contributed by atoms with E-state index >= 15 is 0 Å². The van der Waals surface area contributed by atoms with E-state index in [4.69, 9.17) is 16.3 Å². The average Bonchev–Trinajstić information content (AvgIpc) is 2.46. The van der Waals surface area contributed by atoms with Gasteiger partial charge in [-0.2, -0.15) is 0 Å². The van der Waals surface area contributed by atoms with Crippen molar-refractivity contribution in [2.24, 2.45) is 0 Å². The molecule has 0 aliphatic heterocycles. The van der Waals surface area contributed by atoms with Crippen LogP contribution in [0.2, 0.25) is 5.02 Å². The van der Waals surface area contributed by atoms with Crippen molar-refractivity contribution in [2.75, 3.05) is 12.4 Å². The van der Waals surface area contributed by atoms with Crippen molar-refractivity contribution in [3.63, 3.8) is 0 Å². The van der Waals surface area contributed by atoms with Crippen LogP contribution < -0.4 is 10.1 Å². The smallest absolute Gasteiger partial charge is 0.273 e. The zero-order valence-electron chi connectivity index (χ0n) is 10.7. The van der Waals surface area contributed by atoms with Crippen molar-refractivity contribution in [1.29, 1.82) is 0 Å². The first-order chi connectivity index (χ1) is 9.61. The third-order valence-electron chi connectivity index (χ3n) is 2.64. The second kappa shape index (κ2) is 6.21. The first-order valence-electron chi connectivity index (χ1n) is 5.80. The summed E-state index contributed by atoms with van der Waals surface area (Å²) in [6.07, 6.45) is 1.66. The van der Waals surface area contributed by atoms with Crippen LogP contribution >= 0.6 is 11.6 Å². The summed E-state index contributed by atoms with van der Waals surface area (Å²) < 4.78 is 5.54. The molecule has 0 amide bonds. The molecule has 0 spiro atoms. The van der Waals surface area contributed by atoms with Gasteiger partial charge in [0.2, 0.25) is 0 Å². The molecule has 1 aromatic carbocycles. The number of benzene rings is 1. The molecule has 0 radical (unpaired) electrons. The van der Waals surface area contributed by atoms with Gasteiger partial charge in [-0.15, -0.1) is 0 Å². The van der Waals surface area contributed by atoms with E-state index in [1.54, 1.807) is 19.3 Å². The monoisotopic (exact) mass is 293 g/mol. The van der Waals surface area contributed by atoms with Crippen LogP contribution in [-0.4, -0.2) is 17.0 Å². The van der Waals surface area contributed by atoms with E-state index in [9.17, 15) is 10.1 Å². The molecule has 2 aromatic rings. The largest absolute Gasteiger partial charge is 0.487 e. The Kier molecular flexibility index (Phi) is 4.37. The van der Waals surface area contributed by atoms with Crippen LogP contribution in [0.15, 0.2) is 36.5 Å². The van der Waals surface area contributed by atoms with E-state index in [0.29, 0.717) is 10.8 Å². The quantitative estimate of drug-likeness (QED) is 0.676. The normalized spacial score (nSPS) is 10.1. The number of aromatic nitrogens is 1. The number of anilines is 1. The zero-order chi connectivity index (χ0) is 14.5. The van der Waals surface area contributed by atoms with E-state index in [0.717, 1.165) is 5.56 Å². The SMILES string of the molecule is CNc1ncccc1COc1cc([N+](=O)[O-])ccc1Cl. The minimum atomic E-state index is -0.494. The van der Waals surface area contributed by atoms with E-state index < -0.39 is 4.92 Å². The maximum atomic E-state index is 10.7. The van der Waals surface area contributed by atoms with Gasteiger partial charge in [0.1, 0.15) is 18.2 Å². The number of hydrogen-bond donors (Lipinski definition) is 1. The highest BCUT2D eigenvalue weighted by Crippen LogP contribution is 2.29. The third kappa shape index (κ3) is 3.16. The fourth-order valence-corrected chi connectivity index (χ4v) is 1.82. The van der Waals surface area contributed by atoms with Crippen LogP contribution in [0.1, 0.15) is 5.56 Å². The molecule has 6 nitrogen and oxygen atoms in total. The molecule has 0 bridgehead atoms. The molecule has 0 saturated carbocycles. The lowest BCUT2D eigenvalue weighted by molar-refractivity contribution is -0.384. The molecule has 0 atom stereocenters. The number of hydrogen-bond acceptors (Lipinski definition) is 5. The first kappa shape index (κ1) is 14.1. The molecule has 0 fully saturated rings. The fourth-order valence-electron chi connectivity index (χ4n) is 1.65. The molecule has 2 rings (SSSR count). The Bertz CT molecular complexity index is 634. The van der Waals surface area contributed by atoms with Gasteiger partial charge in [0, 0.05) is 24.9 Å². The summed E-state index contributed by atoms with van der Waals surface area (Å²) in [6.45, 7) is 0.213. The van der Waals surface area contributed by atoms with E-state index in [1.807, 2.05) is 6.07 Å². The van der Waals surface area contributed by atoms with Crippen LogP contribution in [0, 0.1) is 10.1 Å². The van der Waals surface area contributed by atoms with Gasteiger partial charge in [0.05, 0.1) is 16.0 Å². The van der Waals surface area contributed by atoms with Crippen molar-refractivity contribution in [2.45, 2.75) is 6.61 Å². The van der Waals surface area contributed by atoms with Gasteiger partial charge in [-0.1, -0.05) is 17.7 Å². The molecule has 7 heteroatoms. The number of non-ortho nitro benzene ring substituents is 1. The van der Waals surface area contributed by atoms with Gasteiger partial charge in [0.25, 0.3) is 5.69 Å². The van der Waals surface area contributed by atoms with Gasteiger partial charge in [-0.05, 0) is 12.1 Å². The highest BCUT2D eigenvalue weighted by atomic mass is 35.5. The predicted molar refractivity (Wildman–Crippen MR) is 76.2 cm³/mol. The minimum absolute atomic E-state index is 0.0653. The van der Waals surface area contributed by atoms with Gasteiger partial charge in [0.15, 0.2) is 0 Å². The highest BCUT2D eigenvalue weighted by molar-refractivity contribution is 6.32. The first-order valence-corrected chi connectivity index (χ1v) is 6.18. The van der Waals surface area contributed by atoms with Crippen LogP contribution in [0.4, 0.5) is 11.5 Å².